The average molecular weight is 330 g/mol. The first kappa shape index (κ1) is 15.0. The molecule has 0 aromatic carbocycles. The van der Waals surface area contributed by atoms with Crippen LogP contribution in [0, 0.1) is 6.92 Å². The van der Waals surface area contributed by atoms with Gasteiger partial charge in [-0.05, 0) is 62.6 Å². The van der Waals surface area contributed by atoms with Gasteiger partial charge in [0.15, 0.2) is 0 Å². The van der Waals surface area contributed by atoms with E-state index in [1.165, 1.54) is 12.8 Å². The maximum atomic E-state index is 10.6. The molecule has 0 amide bonds. The number of rotatable bonds is 4. The molecule has 1 aromatic rings. The second kappa shape index (κ2) is 5.54. The van der Waals surface area contributed by atoms with Crippen LogP contribution >= 0.6 is 15.9 Å². The summed E-state index contributed by atoms with van der Waals surface area (Å²) in [6.45, 7) is 8.44. The van der Waals surface area contributed by atoms with E-state index < -0.39 is 6.10 Å². The van der Waals surface area contributed by atoms with Crippen molar-refractivity contribution in [3.63, 3.8) is 0 Å². The Morgan fingerprint density at radius 3 is 2.42 bits per heavy atom. The van der Waals surface area contributed by atoms with E-state index in [4.69, 9.17) is 0 Å². The van der Waals surface area contributed by atoms with Gasteiger partial charge in [-0.25, -0.2) is 0 Å². The van der Waals surface area contributed by atoms with E-state index in [-0.39, 0.29) is 5.54 Å². The summed E-state index contributed by atoms with van der Waals surface area (Å²) >= 11 is 3.57. The molecule has 1 atom stereocenters. The van der Waals surface area contributed by atoms with E-state index in [0.717, 1.165) is 29.0 Å². The largest absolute Gasteiger partial charge is 0.391 e. The quantitative estimate of drug-likeness (QED) is 0.921. The van der Waals surface area contributed by atoms with Crippen molar-refractivity contribution in [2.24, 2.45) is 7.05 Å². The third-order valence-electron chi connectivity index (χ3n) is 4.38. The molecule has 0 spiro atoms. The predicted octanol–water partition coefficient (Wildman–Crippen LogP) is 2.27. The number of likely N-dealkylation sites (tertiary alicyclic amines) is 1. The second-order valence-electron chi connectivity index (χ2n) is 6.04. The average Bonchev–Trinajstić information content (AvgIpc) is 2.94. The smallest absolute Gasteiger partial charge is 0.0774 e. The molecule has 1 aromatic heterocycles. The Morgan fingerprint density at radius 2 is 1.95 bits per heavy atom. The molecular weight excluding hydrogens is 306 g/mol. The van der Waals surface area contributed by atoms with Crippen LogP contribution < -0.4 is 0 Å². The lowest BCUT2D eigenvalue weighted by atomic mass is 9.91. The molecule has 19 heavy (non-hydrogen) atoms. The molecule has 1 N–H and O–H groups in total. The van der Waals surface area contributed by atoms with Crippen molar-refractivity contribution in [3.8, 4) is 0 Å². The first-order chi connectivity index (χ1) is 8.84. The van der Waals surface area contributed by atoms with Crippen LogP contribution in [-0.2, 0) is 13.5 Å². The van der Waals surface area contributed by atoms with E-state index in [1.807, 2.05) is 18.7 Å². The van der Waals surface area contributed by atoms with E-state index in [9.17, 15) is 5.11 Å². The zero-order valence-corrected chi connectivity index (χ0v) is 13.9. The van der Waals surface area contributed by atoms with E-state index in [1.54, 1.807) is 0 Å². The fraction of sp³-hybridized carbons (Fsp3) is 0.786. The Hall–Kier alpha value is -0.390. The highest BCUT2D eigenvalue weighted by atomic mass is 79.9. The van der Waals surface area contributed by atoms with Gasteiger partial charge in [0.2, 0.25) is 0 Å². The summed E-state index contributed by atoms with van der Waals surface area (Å²) in [4.78, 5) is 2.40. The molecule has 0 radical (unpaired) electrons. The topological polar surface area (TPSA) is 41.3 Å². The molecule has 0 aliphatic carbocycles. The molecule has 5 heteroatoms. The Bertz CT molecular complexity index is 450. The van der Waals surface area contributed by atoms with Crippen molar-refractivity contribution < 1.29 is 5.11 Å². The van der Waals surface area contributed by atoms with Crippen molar-refractivity contribution in [1.82, 2.24) is 14.7 Å². The summed E-state index contributed by atoms with van der Waals surface area (Å²) in [5.74, 6) is 0. The maximum Gasteiger partial charge on any atom is 0.0774 e. The molecular formula is C14H24BrN3O. The zero-order valence-electron chi connectivity index (χ0n) is 12.3. The van der Waals surface area contributed by atoms with Crippen molar-refractivity contribution >= 4 is 15.9 Å². The maximum absolute atomic E-state index is 10.6. The summed E-state index contributed by atoms with van der Waals surface area (Å²) in [5.41, 5.74) is 1.86. The Morgan fingerprint density at radius 1 is 1.37 bits per heavy atom. The number of hydrogen-bond acceptors (Lipinski definition) is 3. The molecule has 0 bridgehead atoms. The number of hydrogen-bond donors (Lipinski definition) is 1. The van der Waals surface area contributed by atoms with Gasteiger partial charge in [-0.3, -0.25) is 9.58 Å². The third kappa shape index (κ3) is 2.88. The minimum Gasteiger partial charge on any atom is -0.391 e. The number of aliphatic hydroxyl groups is 1. The normalized spacial score (nSPS) is 19.1. The molecule has 4 nitrogen and oxygen atoms in total. The molecule has 1 saturated heterocycles. The number of aromatic nitrogens is 2. The van der Waals surface area contributed by atoms with E-state index in [2.05, 4.69) is 39.8 Å². The van der Waals surface area contributed by atoms with Crippen LogP contribution in [0.4, 0.5) is 0 Å². The van der Waals surface area contributed by atoms with Crippen LogP contribution in [0.25, 0.3) is 0 Å². The number of nitrogens with zero attached hydrogens (tertiary/aromatic N) is 3. The van der Waals surface area contributed by atoms with Crippen molar-refractivity contribution in [2.75, 3.05) is 13.1 Å². The number of aryl methyl sites for hydroxylation is 2. The molecule has 1 fully saturated rings. The second-order valence-corrected chi connectivity index (χ2v) is 6.83. The minimum absolute atomic E-state index is 0.186. The molecule has 2 heterocycles. The minimum atomic E-state index is -0.392. The van der Waals surface area contributed by atoms with Crippen LogP contribution in [0.5, 0.6) is 0 Å². The third-order valence-corrected chi connectivity index (χ3v) is 5.42. The van der Waals surface area contributed by atoms with Crippen molar-refractivity contribution in [3.05, 3.63) is 15.9 Å². The first-order valence-electron chi connectivity index (χ1n) is 6.95. The Labute approximate surface area is 123 Å². The van der Waals surface area contributed by atoms with Gasteiger partial charge in [-0.1, -0.05) is 0 Å². The highest BCUT2D eigenvalue weighted by Gasteiger charge is 2.36. The number of halogens is 1. The summed E-state index contributed by atoms with van der Waals surface area (Å²) in [5, 5.41) is 15.0. The highest BCUT2D eigenvalue weighted by molar-refractivity contribution is 9.10. The molecule has 1 aliphatic rings. The lowest BCUT2D eigenvalue weighted by Gasteiger charge is -2.39. The van der Waals surface area contributed by atoms with Gasteiger partial charge >= 0.3 is 0 Å². The lowest BCUT2D eigenvalue weighted by molar-refractivity contribution is 0.00230. The van der Waals surface area contributed by atoms with Crippen LogP contribution in [0.15, 0.2) is 4.47 Å². The van der Waals surface area contributed by atoms with Crippen molar-refractivity contribution in [2.45, 2.75) is 51.7 Å². The van der Waals surface area contributed by atoms with Gasteiger partial charge in [-0.2, -0.15) is 5.10 Å². The summed E-state index contributed by atoms with van der Waals surface area (Å²) in [6.07, 6.45) is 2.72. The summed E-state index contributed by atoms with van der Waals surface area (Å²) in [7, 11) is 1.93. The van der Waals surface area contributed by atoms with Gasteiger partial charge in [0.1, 0.15) is 0 Å². The SMILES string of the molecule is Cc1nn(C)c(CC(O)C(C)(C)N2CCCC2)c1Br. The standard InChI is InChI=1S/C14H24BrN3O/c1-10-13(15)11(17(4)16-10)9-12(19)14(2,3)18-7-5-6-8-18/h12,19H,5-9H2,1-4H3. The van der Waals surface area contributed by atoms with E-state index in [0.29, 0.717) is 6.42 Å². The lowest BCUT2D eigenvalue weighted by Crippen LogP contribution is -2.52. The van der Waals surface area contributed by atoms with Gasteiger partial charge < -0.3 is 5.11 Å². The predicted molar refractivity (Wildman–Crippen MR) is 80.2 cm³/mol. The molecule has 2 rings (SSSR count). The van der Waals surface area contributed by atoms with Gasteiger partial charge in [0, 0.05) is 19.0 Å². The molecule has 1 unspecified atom stereocenters. The summed E-state index contributed by atoms with van der Waals surface area (Å²) < 4.78 is 2.88. The highest BCUT2D eigenvalue weighted by Crippen LogP contribution is 2.28. The van der Waals surface area contributed by atoms with Crippen LogP contribution in [0.2, 0.25) is 0 Å². The fourth-order valence-corrected chi connectivity index (χ4v) is 3.34. The monoisotopic (exact) mass is 329 g/mol. The van der Waals surface area contributed by atoms with E-state index >= 15 is 0 Å². The van der Waals surface area contributed by atoms with Crippen LogP contribution in [0.3, 0.4) is 0 Å². The van der Waals surface area contributed by atoms with Gasteiger partial charge in [-0.15, -0.1) is 0 Å². The summed E-state index contributed by atoms with van der Waals surface area (Å²) in [6, 6.07) is 0. The Balaban J connectivity index is 2.13. The molecule has 1 aliphatic heterocycles. The number of aliphatic hydroxyl groups excluding tert-OH is 1. The van der Waals surface area contributed by atoms with Crippen LogP contribution in [0.1, 0.15) is 38.1 Å². The first-order valence-corrected chi connectivity index (χ1v) is 7.74. The van der Waals surface area contributed by atoms with Crippen LogP contribution in [-0.4, -0.2) is 44.5 Å². The molecule has 108 valence electrons. The zero-order chi connectivity index (χ0) is 14.2. The Kier molecular flexibility index (Phi) is 4.38. The van der Waals surface area contributed by atoms with Crippen molar-refractivity contribution in [1.29, 1.82) is 0 Å². The molecule has 0 saturated carbocycles. The van der Waals surface area contributed by atoms with Gasteiger partial charge in [0.05, 0.1) is 22.0 Å². The fourth-order valence-electron chi connectivity index (χ4n) is 2.84. The van der Waals surface area contributed by atoms with Gasteiger partial charge in [0.25, 0.3) is 0 Å².